The lowest BCUT2D eigenvalue weighted by atomic mass is 9.91. The van der Waals surface area contributed by atoms with Crippen LogP contribution in [0.25, 0.3) is 0 Å². The standard InChI is InChI=1S/C34H50N2O9/c1-4-5-6-7-8-11-26(34(40)45-36-31(37)16-17-32(36)38)33(39)44-25-18-20-35(23-25)27-12-9-10-13-28(27)43-21-19-24-14-15-29(41-2)30(22-24)42-3/h14-17,22,25-28,37-38H,4-13,18-21,23H2,1-3H3/t25-,26?,27-,28-/m1/s1. The summed E-state index contributed by atoms with van der Waals surface area (Å²) in [5.74, 6) is -2.10. The minimum atomic E-state index is -1.15. The number of carbonyl (C=O) groups excluding carboxylic acids is 2. The number of hydrogen-bond donors (Lipinski definition) is 2. The molecule has 45 heavy (non-hydrogen) atoms. The van der Waals surface area contributed by atoms with E-state index in [0.717, 1.165) is 69.9 Å². The third-order valence-corrected chi connectivity index (χ3v) is 8.91. The Balaban J connectivity index is 1.31. The average molecular weight is 631 g/mol. The zero-order valence-electron chi connectivity index (χ0n) is 26.9. The molecule has 2 aliphatic rings. The van der Waals surface area contributed by atoms with Crippen molar-refractivity contribution < 1.29 is 43.6 Å². The molecule has 2 aromatic rings. The Hall–Kier alpha value is -3.44. The van der Waals surface area contributed by atoms with Gasteiger partial charge < -0.3 is 34.0 Å². The van der Waals surface area contributed by atoms with Crippen molar-refractivity contribution >= 4 is 11.9 Å². The molecule has 4 rings (SSSR count). The van der Waals surface area contributed by atoms with Gasteiger partial charge in [-0.05, 0) is 49.8 Å². The normalized spacial score (nSPS) is 20.9. The number of benzene rings is 1. The molecule has 1 aliphatic heterocycles. The number of aromatic nitrogens is 1. The number of unbranched alkanes of at least 4 members (excludes halogenated alkanes) is 4. The molecule has 1 aliphatic carbocycles. The fourth-order valence-electron chi connectivity index (χ4n) is 6.38. The van der Waals surface area contributed by atoms with Crippen molar-refractivity contribution in [1.29, 1.82) is 0 Å². The zero-order valence-corrected chi connectivity index (χ0v) is 26.9. The Morgan fingerprint density at radius 2 is 1.64 bits per heavy atom. The van der Waals surface area contributed by atoms with E-state index in [1.165, 1.54) is 12.1 Å². The van der Waals surface area contributed by atoms with Gasteiger partial charge in [-0.15, -0.1) is 4.73 Å². The molecule has 0 spiro atoms. The van der Waals surface area contributed by atoms with Crippen molar-refractivity contribution in [3.63, 3.8) is 0 Å². The van der Waals surface area contributed by atoms with Crippen molar-refractivity contribution in [2.75, 3.05) is 33.9 Å². The molecule has 2 N–H and O–H groups in total. The molecule has 1 saturated carbocycles. The second-order valence-corrected chi connectivity index (χ2v) is 12.1. The van der Waals surface area contributed by atoms with E-state index in [4.69, 9.17) is 23.8 Å². The van der Waals surface area contributed by atoms with E-state index in [1.807, 2.05) is 18.2 Å². The first-order chi connectivity index (χ1) is 21.8. The number of likely N-dealkylation sites (tertiary alicyclic amines) is 1. The number of carbonyl (C=O) groups is 2. The van der Waals surface area contributed by atoms with Gasteiger partial charge in [0.05, 0.1) is 26.9 Å². The number of nitrogens with zero attached hydrogens (tertiary/aromatic N) is 2. The molecule has 250 valence electrons. The quantitative estimate of drug-likeness (QED) is 0.139. The van der Waals surface area contributed by atoms with Crippen molar-refractivity contribution in [3.05, 3.63) is 35.9 Å². The maximum Gasteiger partial charge on any atom is 0.347 e. The summed E-state index contributed by atoms with van der Waals surface area (Å²) in [6.45, 7) is 4.09. The van der Waals surface area contributed by atoms with Gasteiger partial charge in [-0.2, -0.15) is 0 Å². The Labute approximate surface area is 266 Å². The van der Waals surface area contributed by atoms with Gasteiger partial charge in [0.25, 0.3) is 0 Å². The van der Waals surface area contributed by atoms with Crippen LogP contribution in [-0.4, -0.2) is 83.9 Å². The lowest BCUT2D eigenvalue weighted by molar-refractivity contribution is -0.166. The van der Waals surface area contributed by atoms with Crippen LogP contribution in [0.2, 0.25) is 0 Å². The number of aromatic hydroxyl groups is 2. The minimum absolute atomic E-state index is 0.0983. The van der Waals surface area contributed by atoms with Crippen LogP contribution >= 0.6 is 0 Å². The van der Waals surface area contributed by atoms with E-state index in [9.17, 15) is 19.8 Å². The lowest BCUT2D eigenvalue weighted by Gasteiger charge is -2.37. The van der Waals surface area contributed by atoms with Crippen molar-refractivity contribution in [3.8, 4) is 23.3 Å². The van der Waals surface area contributed by atoms with Crippen LogP contribution in [0, 0.1) is 5.92 Å². The van der Waals surface area contributed by atoms with Gasteiger partial charge in [0, 0.05) is 31.3 Å². The average Bonchev–Trinajstić information content (AvgIpc) is 3.64. The fourth-order valence-corrected chi connectivity index (χ4v) is 6.38. The van der Waals surface area contributed by atoms with E-state index in [0.29, 0.717) is 42.2 Å². The molecule has 11 heteroatoms. The molecule has 1 saturated heterocycles. The number of ether oxygens (including phenoxy) is 4. The Kier molecular flexibility index (Phi) is 13.2. The summed E-state index contributed by atoms with van der Waals surface area (Å²) in [6.07, 6.45) is 10.5. The maximum absolute atomic E-state index is 13.4. The lowest BCUT2D eigenvalue weighted by Crippen LogP contribution is -2.46. The Morgan fingerprint density at radius 3 is 2.38 bits per heavy atom. The summed E-state index contributed by atoms with van der Waals surface area (Å²) in [6, 6.07) is 8.57. The number of rotatable bonds is 17. The van der Waals surface area contributed by atoms with E-state index >= 15 is 0 Å². The zero-order chi connectivity index (χ0) is 32.2. The van der Waals surface area contributed by atoms with E-state index < -0.39 is 29.6 Å². The minimum Gasteiger partial charge on any atom is -0.493 e. The highest BCUT2D eigenvalue weighted by Crippen LogP contribution is 2.31. The summed E-state index contributed by atoms with van der Waals surface area (Å²) in [5.41, 5.74) is 1.12. The highest BCUT2D eigenvalue weighted by atomic mass is 16.7. The molecule has 2 heterocycles. The van der Waals surface area contributed by atoms with Crippen molar-refractivity contribution in [1.82, 2.24) is 9.63 Å². The molecule has 1 unspecified atom stereocenters. The first-order valence-electron chi connectivity index (χ1n) is 16.4. The summed E-state index contributed by atoms with van der Waals surface area (Å²) < 4.78 is 23.7. The molecule has 0 bridgehead atoms. The fraction of sp³-hybridized carbons (Fsp3) is 0.647. The van der Waals surface area contributed by atoms with Gasteiger partial charge in [-0.25, -0.2) is 4.79 Å². The van der Waals surface area contributed by atoms with E-state index in [-0.39, 0.29) is 24.7 Å². The van der Waals surface area contributed by atoms with Crippen molar-refractivity contribution in [2.24, 2.45) is 5.92 Å². The number of esters is 1. The molecule has 0 radical (unpaired) electrons. The molecular weight excluding hydrogens is 580 g/mol. The first-order valence-corrected chi connectivity index (χ1v) is 16.4. The maximum atomic E-state index is 13.4. The van der Waals surface area contributed by atoms with Crippen LogP contribution in [0.4, 0.5) is 0 Å². The monoisotopic (exact) mass is 630 g/mol. The largest absolute Gasteiger partial charge is 0.493 e. The van der Waals surface area contributed by atoms with Gasteiger partial charge in [-0.3, -0.25) is 9.69 Å². The third kappa shape index (κ3) is 9.53. The molecule has 0 amide bonds. The highest BCUT2D eigenvalue weighted by molar-refractivity contribution is 5.95. The number of hydrogen-bond acceptors (Lipinski definition) is 10. The van der Waals surface area contributed by atoms with Crippen molar-refractivity contribution in [2.45, 2.75) is 102 Å². The van der Waals surface area contributed by atoms with E-state index in [1.54, 1.807) is 14.2 Å². The van der Waals surface area contributed by atoms with Crippen LogP contribution < -0.4 is 14.3 Å². The van der Waals surface area contributed by atoms with Gasteiger partial charge in [0.2, 0.25) is 11.8 Å². The van der Waals surface area contributed by atoms with Crippen LogP contribution in [0.5, 0.6) is 23.3 Å². The summed E-state index contributed by atoms with van der Waals surface area (Å²) >= 11 is 0. The van der Waals surface area contributed by atoms with Crippen LogP contribution in [-0.2, 0) is 25.5 Å². The van der Waals surface area contributed by atoms with Gasteiger partial charge in [-0.1, -0.05) is 57.9 Å². The van der Waals surface area contributed by atoms with Gasteiger partial charge >= 0.3 is 11.9 Å². The molecule has 4 atom stereocenters. The topological polar surface area (TPSA) is 129 Å². The predicted octanol–water partition coefficient (Wildman–Crippen LogP) is 5.04. The van der Waals surface area contributed by atoms with E-state index in [2.05, 4.69) is 11.8 Å². The highest BCUT2D eigenvalue weighted by Gasteiger charge is 2.39. The molecular formula is C34H50N2O9. The molecule has 11 nitrogen and oxygen atoms in total. The smallest absolute Gasteiger partial charge is 0.347 e. The second-order valence-electron chi connectivity index (χ2n) is 12.1. The second kappa shape index (κ2) is 17.3. The van der Waals surface area contributed by atoms with Crippen LogP contribution in [0.15, 0.2) is 30.3 Å². The Bertz CT molecular complexity index is 1210. The summed E-state index contributed by atoms with van der Waals surface area (Å²) in [7, 11) is 3.26. The molecule has 1 aromatic heterocycles. The van der Waals surface area contributed by atoms with Gasteiger partial charge in [0.1, 0.15) is 6.10 Å². The SMILES string of the molecule is CCCCCCCC(C(=O)O[C@@H]1CCN([C@@H]2CCCC[C@H]2OCCc2ccc(OC)c(OC)c2)C1)C(=O)On1c(O)ccc1O. The first kappa shape index (κ1) is 34.4. The molecule has 2 fully saturated rings. The predicted molar refractivity (Wildman–Crippen MR) is 168 cm³/mol. The summed E-state index contributed by atoms with van der Waals surface area (Å²) in [4.78, 5) is 34.0. The molecule has 1 aromatic carbocycles. The Morgan fingerprint density at radius 1 is 0.911 bits per heavy atom. The van der Waals surface area contributed by atoms with Crippen LogP contribution in [0.1, 0.15) is 83.1 Å². The third-order valence-electron chi connectivity index (χ3n) is 8.91. The van der Waals surface area contributed by atoms with Gasteiger partial charge in [0.15, 0.2) is 17.4 Å². The van der Waals surface area contributed by atoms with Crippen LogP contribution in [0.3, 0.4) is 0 Å². The summed E-state index contributed by atoms with van der Waals surface area (Å²) in [5, 5.41) is 19.8. The number of methoxy groups -OCH3 is 2.